The lowest BCUT2D eigenvalue weighted by Crippen LogP contribution is -2.12. The van der Waals surface area contributed by atoms with Crippen molar-refractivity contribution < 1.29 is 0 Å². The van der Waals surface area contributed by atoms with Crippen LogP contribution in [0.1, 0.15) is 24.5 Å². The maximum atomic E-state index is 4.52. The molecule has 5 heteroatoms. The molecule has 1 N–H and O–H groups in total. The minimum absolute atomic E-state index is 0.623. The molecule has 0 aliphatic heterocycles. The highest BCUT2D eigenvalue weighted by Gasteiger charge is 2.06. The van der Waals surface area contributed by atoms with Gasteiger partial charge < -0.3 is 9.88 Å². The van der Waals surface area contributed by atoms with Crippen molar-refractivity contribution in [2.24, 2.45) is 5.92 Å². The summed E-state index contributed by atoms with van der Waals surface area (Å²) in [7, 11) is 0. The maximum Gasteiger partial charge on any atom is 0.203 e. The second kappa shape index (κ2) is 6.00. The van der Waals surface area contributed by atoms with E-state index in [1.165, 1.54) is 5.01 Å². The summed E-state index contributed by atoms with van der Waals surface area (Å²) in [6.07, 6.45) is 4.90. The van der Waals surface area contributed by atoms with Gasteiger partial charge in [-0.3, -0.25) is 0 Å². The van der Waals surface area contributed by atoms with Gasteiger partial charge in [0, 0.05) is 37.3 Å². The summed E-state index contributed by atoms with van der Waals surface area (Å²) < 4.78 is 2.20. The van der Waals surface area contributed by atoms with Gasteiger partial charge in [-0.05, 0) is 12.8 Å². The normalized spacial score (nSPS) is 11.1. The first kappa shape index (κ1) is 13.1. The monoisotopic (exact) mass is 264 g/mol. The lowest BCUT2D eigenvalue weighted by atomic mass is 10.2. The Labute approximate surface area is 112 Å². The third-order valence-electron chi connectivity index (χ3n) is 2.56. The second-order valence-corrected chi connectivity index (χ2v) is 5.83. The zero-order valence-corrected chi connectivity index (χ0v) is 12.0. The SMILES string of the molecule is Cc1cn(CC(C)C)c(NCCc2nccs2)n1. The highest BCUT2D eigenvalue weighted by Crippen LogP contribution is 2.12. The van der Waals surface area contributed by atoms with Crippen molar-refractivity contribution in [3.63, 3.8) is 0 Å². The van der Waals surface area contributed by atoms with Crippen LogP contribution in [0, 0.1) is 12.8 Å². The van der Waals surface area contributed by atoms with Crippen molar-refractivity contribution in [3.05, 3.63) is 28.5 Å². The van der Waals surface area contributed by atoms with E-state index >= 15 is 0 Å². The van der Waals surface area contributed by atoms with Crippen LogP contribution in [-0.2, 0) is 13.0 Å². The van der Waals surface area contributed by atoms with E-state index in [1.807, 2.05) is 18.5 Å². The molecule has 0 fully saturated rings. The molecule has 2 heterocycles. The molecule has 0 saturated carbocycles. The molecule has 0 bridgehead atoms. The van der Waals surface area contributed by atoms with Gasteiger partial charge in [0.05, 0.1) is 10.7 Å². The van der Waals surface area contributed by atoms with Gasteiger partial charge in [0.2, 0.25) is 5.95 Å². The van der Waals surface area contributed by atoms with E-state index in [0.717, 1.165) is 31.2 Å². The molecule has 0 aliphatic rings. The van der Waals surface area contributed by atoms with Crippen LogP contribution < -0.4 is 5.32 Å². The fourth-order valence-corrected chi connectivity index (χ4v) is 2.50. The Morgan fingerprint density at radius 1 is 1.44 bits per heavy atom. The van der Waals surface area contributed by atoms with Crippen LogP contribution >= 0.6 is 11.3 Å². The standard InChI is InChI=1S/C13H20N4S/c1-10(2)8-17-9-11(3)16-13(17)15-5-4-12-14-6-7-18-12/h6-7,9-10H,4-5,8H2,1-3H3,(H,15,16). The largest absolute Gasteiger partial charge is 0.355 e. The predicted octanol–water partition coefficient (Wildman–Crippen LogP) is 2.96. The van der Waals surface area contributed by atoms with Crippen LogP contribution in [0.5, 0.6) is 0 Å². The first-order valence-corrected chi connectivity index (χ1v) is 7.19. The molecule has 0 aliphatic carbocycles. The van der Waals surface area contributed by atoms with E-state index in [4.69, 9.17) is 0 Å². The third kappa shape index (κ3) is 3.57. The summed E-state index contributed by atoms with van der Waals surface area (Å²) in [5, 5.41) is 6.58. The van der Waals surface area contributed by atoms with Gasteiger partial charge in [-0.15, -0.1) is 11.3 Å². The summed E-state index contributed by atoms with van der Waals surface area (Å²) in [4.78, 5) is 8.79. The molecular formula is C13H20N4S. The van der Waals surface area contributed by atoms with Crippen molar-refractivity contribution in [2.45, 2.75) is 33.7 Å². The zero-order valence-electron chi connectivity index (χ0n) is 11.2. The molecule has 2 aromatic rings. The average molecular weight is 264 g/mol. The van der Waals surface area contributed by atoms with Crippen LogP contribution in [-0.4, -0.2) is 21.1 Å². The third-order valence-corrected chi connectivity index (χ3v) is 3.40. The number of anilines is 1. The predicted molar refractivity (Wildman–Crippen MR) is 76.1 cm³/mol. The van der Waals surface area contributed by atoms with E-state index in [2.05, 4.69) is 39.9 Å². The second-order valence-electron chi connectivity index (χ2n) is 4.85. The molecule has 18 heavy (non-hydrogen) atoms. The van der Waals surface area contributed by atoms with Crippen LogP contribution in [0.4, 0.5) is 5.95 Å². The van der Waals surface area contributed by atoms with Crippen LogP contribution in [0.25, 0.3) is 0 Å². The molecule has 0 unspecified atom stereocenters. The van der Waals surface area contributed by atoms with E-state index in [1.54, 1.807) is 11.3 Å². The molecule has 2 rings (SSSR count). The number of hydrogen-bond donors (Lipinski definition) is 1. The Hall–Kier alpha value is -1.36. The fourth-order valence-electron chi connectivity index (χ4n) is 1.88. The fraction of sp³-hybridized carbons (Fsp3) is 0.538. The zero-order chi connectivity index (χ0) is 13.0. The van der Waals surface area contributed by atoms with E-state index < -0.39 is 0 Å². The topological polar surface area (TPSA) is 42.7 Å². The van der Waals surface area contributed by atoms with Crippen molar-refractivity contribution >= 4 is 17.3 Å². The van der Waals surface area contributed by atoms with E-state index in [9.17, 15) is 0 Å². The number of imidazole rings is 1. The Bertz CT molecular complexity index is 473. The van der Waals surface area contributed by atoms with Crippen LogP contribution in [0.15, 0.2) is 17.8 Å². The molecule has 0 spiro atoms. The van der Waals surface area contributed by atoms with Crippen molar-refractivity contribution in [1.29, 1.82) is 0 Å². The van der Waals surface area contributed by atoms with Gasteiger partial charge in [-0.1, -0.05) is 13.8 Å². The average Bonchev–Trinajstić information content (AvgIpc) is 2.89. The van der Waals surface area contributed by atoms with Crippen LogP contribution in [0.2, 0.25) is 0 Å². The number of nitrogens with zero attached hydrogens (tertiary/aromatic N) is 3. The van der Waals surface area contributed by atoms with Gasteiger partial charge in [0.1, 0.15) is 0 Å². The van der Waals surface area contributed by atoms with Gasteiger partial charge in [0.25, 0.3) is 0 Å². The molecule has 4 nitrogen and oxygen atoms in total. The quantitative estimate of drug-likeness (QED) is 0.872. The smallest absolute Gasteiger partial charge is 0.203 e. The Morgan fingerprint density at radius 2 is 2.28 bits per heavy atom. The van der Waals surface area contributed by atoms with Gasteiger partial charge in [-0.2, -0.15) is 0 Å². The van der Waals surface area contributed by atoms with E-state index in [-0.39, 0.29) is 0 Å². The Morgan fingerprint density at radius 3 is 2.94 bits per heavy atom. The summed E-state index contributed by atoms with van der Waals surface area (Å²) in [5.74, 6) is 1.59. The van der Waals surface area contributed by atoms with Crippen molar-refractivity contribution in [2.75, 3.05) is 11.9 Å². The molecular weight excluding hydrogens is 244 g/mol. The maximum absolute atomic E-state index is 4.52. The van der Waals surface area contributed by atoms with Crippen molar-refractivity contribution in [1.82, 2.24) is 14.5 Å². The molecule has 0 saturated heterocycles. The summed E-state index contributed by atoms with van der Waals surface area (Å²) >= 11 is 1.70. The highest BCUT2D eigenvalue weighted by molar-refractivity contribution is 7.09. The summed E-state index contributed by atoms with van der Waals surface area (Å²) in [6.45, 7) is 8.34. The first-order chi connectivity index (χ1) is 8.65. The minimum atomic E-state index is 0.623. The Balaban J connectivity index is 1.91. The van der Waals surface area contributed by atoms with Gasteiger partial charge in [0.15, 0.2) is 0 Å². The molecule has 0 atom stereocenters. The number of thiazole rings is 1. The molecule has 0 radical (unpaired) electrons. The number of aryl methyl sites for hydroxylation is 1. The minimum Gasteiger partial charge on any atom is -0.355 e. The number of rotatable bonds is 6. The summed E-state index contributed by atoms with van der Waals surface area (Å²) in [6, 6.07) is 0. The van der Waals surface area contributed by atoms with E-state index in [0.29, 0.717) is 5.92 Å². The van der Waals surface area contributed by atoms with Gasteiger partial charge >= 0.3 is 0 Å². The number of aromatic nitrogens is 3. The van der Waals surface area contributed by atoms with Crippen LogP contribution in [0.3, 0.4) is 0 Å². The number of hydrogen-bond acceptors (Lipinski definition) is 4. The van der Waals surface area contributed by atoms with Crippen molar-refractivity contribution in [3.8, 4) is 0 Å². The summed E-state index contributed by atoms with van der Waals surface area (Å²) in [5.41, 5.74) is 1.06. The molecule has 0 amide bonds. The first-order valence-electron chi connectivity index (χ1n) is 6.31. The lowest BCUT2D eigenvalue weighted by molar-refractivity contribution is 0.526. The number of nitrogens with one attached hydrogen (secondary N) is 1. The lowest BCUT2D eigenvalue weighted by Gasteiger charge is -2.11. The molecule has 0 aromatic carbocycles. The molecule has 98 valence electrons. The Kier molecular flexibility index (Phi) is 4.36. The van der Waals surface area contributed by atoms with Gasteiger partial charge in [-0.25, -0.2) is 9.97 Å². The molecule has 2 aromatic heterocycles. The highest BCUT2D eigenvalue weighted by atomic mass is 32.1.